The van der Waals surface area contributed by atoms with Gasteiger partial charge in [-0.2, -0.15) is 13.2 Å². The lowest BCUT2D eigenvalue weighted by Crippen LogP contribution is -2.18. The first-order valence-corrected chi connectivity index (χ1v) is 5.99. The summed E-state index contributed by atoms with van der Waals surface area (Å²) in [6.45, 7) is 0.838. The van der Waals surface area contributed by atoms with Crippen molar-refractivity contribution in [2.24, 2.45) is 0 Å². The second-order valence-electron chi connectivity index (χ2n) is 3.75. The number of nitrogens with two attached hydrogens (primary N) is 1. The van der Waals surface area contributed by atoms with Gasteiger partial charge >= 0.3 is 6.18 Å². The van der Waals surface area contributed by atoms with Crippen molar-refractivity contribution in [1.82, 2.24) is 5.32 Å². The molecule has 3 N–H and O–H groups in total. The third-order valence-corrected chi connectivity index (χ3v) is 2.97. The van der Waals surface area contributed by atoms with Crippen molar-refractivity contribution in [2.45, 2.75) is 25.6 Å². The summed E-state index contributed by atoms with van der Waals surface area (Å²) >= 11 is 3.36. The van der Waals surface area contributed by atoms with E-state index in [-0.39, 0.29) is 6.42 Å². The van der Waals surface area contributed by atoms with Gasteiger partial charge in [0.25, 0.3) is 0 Å². The molecule has 0 aliphatic carbocycles. The molecule has 0 saturated carbocycles. The van der Waals surface area contributed by atoms with Crippen LogP contribution in [0.4, 0.5) is 18.9 Å². The van der Waals surface area contributed by atoms with Crippen molar-refractivity contribution in [1.29, 1.82) is 0 Å². The highest BCUT2D eigenvalue weighted by Gasteiger charge is 2.25. The maximum absolute atomic E-state index is 11.9. The smallest absolute Gasteiger partial charge is 0.389 e. The van der Waals surface area contributed by atoms with Gasteiger partial charge < -0.3 is 11.1 Å². The predicted octanol–water partition coefficient (Wildman–Crippen LogP) is 3.46. The monoisotopic (exact) mass is 310 g/mol. The summed E-state index contributed by atoms with van der Waals surface area (Å²) < 4.78 is 36.5. The van der Waals surface area contributed by atoms with E-state index in [1.807, 2.05) is 6.07 Å². The van der Waals surface area contributed by atoms with E-state index in [4.69, 9.17) is 5.73 Å². The number of alkyl halides is 3. The summed E-state index contributed by atoms with van der Waals surface area (Å²) in [5.41, 5.74) is 7.20. The third-order valence-electron chi connectivity index (χ3n) is 2.20. The van der Waals surface area contributed by atoms with E-state index < -0.39 is 12.6 Å². The Labute approximate surface area is 107 Å². The van der Waals surface area contributed by atoms with Crippen LogP contribution in [0.15, 0.2) is 22.7 Å². The van der Waals surface area contributed by atoms with Crippen molar-refractivity contribution < 1.29 is 13.2 Å². The molecule has 0 unspecified atom stereocenters. The predicted molar refractivity (Wildman–Crippen MR) is 65.6 cm³/mol. The highest BCUT2D eigenvalue weighted by atomic mass is 79.9. The molecule has 0 spiro atoms. The average molecular weight is 311 g/mol. The summed E-state index contributed by atoms with van der Waals surface area (Å²) in [5, 5.41) is 2.96. The molecule has 0 fully saturated rings. The Kier molecular flexibility index (Phi) is 5.27. The second-order valence-corrected chi connectivity index (χ2v) is 4.60. The maximum Gasteiger partial charge on any atom is 0.389 e. The molecule has 0 saturated heterocycles. The van der Waals surface area contributed by atoms with Crippen LogP contribution >= 0.6 is 15.9 Å². The Hall–Kier alpha value is -0.750. The zero-order valence-corrected chi connectivity index (χ0v) is 10.7. The van der Waals surface area contributed by atoms with Gasteiger partial charge in [0.15, 0.2) is 0 Å². The van der Waals surface area contributed by atoms with Crippen LogP contribution in [0.1, 0.15) is 18.4 Å². The lowest BCUT2D eigenvalue weighted by molar-refractivity contribution is -0.135. The number of hydrogen-bond donors (Lipinski definition) is 2. The van der Waals surface area contributed by atoms with Crippen molar-refractivity contribution in [3.63, 3.8) is 0 Å². The Bertz CT molecular complexity index is 366. The Morgan fingerprint density at radius 2 is 2.00 bits per heavy atom. The van der Waals surface area contributed by atoms with E-state index in [2.05, 4.69) is 21.2 Å². The van der Waals surface area contributed by atoms with Crippen LogP contribution < -0.4 is 11.1 Å². The fourth-order valence-electron chi connectivity index (χ4n) is 1.37. The quantitative estimate of drug-likeness (QED) is 0.645. The zero-order valence-electron chi connectivity index (χ0n) is 9.15. The maximum atomic E-state index is 11.9. The molecule has 0 aliphatic heterocycles. The van der Waals surface area contributed by atoms with Crippen LogP contribution in [-0.4, -0.2) is 12.7 Å². The van der Waals surface area contributed by atoms with E-state index >= 15 is 0 Å². The molecule has 1 aromatic carbocycles. The molecule has 2 nitrogen and oxygen atoms in total. The average Bonchev–Trinajstić information content (AvgIpc) is 2.21. The molecule has 0 heterocycles. The fourth-order valence-corrected chi connectivity index (χ4v) is 1.75. The van der Waals surface area contributed by atoms with E-state index in [0.29, 0.717) is 18.8 Å². The lowest BCUT2D eigenvalue weighted by atomic mass is 10.2. The molecule has 0 aromatic heterocycles. The molecule has 96 valence electrons. The molecule has 0 aliphatic rings. The topological polar surface area (TPSA) is 38.0 Å². The zero-order chi connectivity index (χ0) is 12.9. The Balaban J connectivity index is 2.29. The summed E-state index contributed by atoms with van der Waals surface area (Å²) in [5.74, 6) is 0. The van der Waals surface area contributed by atoms with Crippen molar-refractivity contribution >= 4 is 21.6 Å². The molecule has 0 bridgehead atoms. The standard InChI is InChI=1S/C11H14BrF3N2/c12-10-3-2-9(16)6-8(10)7-17-5-1-4-11(13,14)15/h2-3,6,17H,1,4-5,7,16H2. The SMILES string of the molecule is Nc1ccc(Br)c(CNCCCC(F)(F)F)c1. The fraction of sp³-hybridized carbons (Fsp3) is 0.455. The summed E-state index contributed by atoms with van der Waals surface area (Å²) in [6, 6.07) is 5.38. The lowest BCUT2D eigenvalue weighted by Gasteiger charge is -2.09. The first-order chi connectivity index (χ1) is 7.88. The summed E-state index contributed by atoms with van der Waals surface area (Å²) in [4.78, 5) is 0. The van der Waals surface area contributed by atoms with Gasteiger partial charge in [-0.15, -0.1) is 0 Å². The first-order valence-electron chi connectivity index (χ1n) is 5.20. The molecule has 0 radical (unpaired) electrons. The molecule has 17 heavy (non-hydrogen) atoms. The number of nitrogen functional groups attached to an aromatic ring is 1. The number of halogens is 4. The second kappa shape index (κ2) is 6.26. The minimum Gasteiger partial charge on any atom is -0.399 e. The highest BCUT2D eigenvalue weighted by molar-refractivity contribution is 9.10. The first kappa shape index (κ1) is 14.3. The number of anilines is 1. The molecule has 1 aromatic rings. The molecule has 1 rings (SSSR count). The normalized spacial score (nSPS) is 11.8. The van der Waals surface area contributed by atoms with Gasteiger partial charge in [0, 0.05) is 23.1 Å². The largest absolute Gasteiger partial charge is 0.399 e. The van der Waals surface area contributed by atoms with Gasteiger partial charge in [-0.1, -0.05) is 15.9 Å². The molecular formula is C11H14BrF3N2. The molecule has 0 atom stereocenters. The number of rotatable bonds is 5. The Morgan fingerprint density at radius 3 is 2.65 bits per heavy atom. The van der Waals surface area contributed by atoms with Crippen LogP contribution in [0.5, 0.6) is 0 Å². The van der Waals surface area contributed by atoms with E-state index in [1.165, 1.54) is 0 Å². The highest BCUT2D eigenvalue weighted by Crippen LogP contribution is 2.21. The minimum absolute atomic E-state index is 0.0867. The van der Waals surface area contributed by atoms with E-state index in [1.54, 1.807) is 12.1 Å². The van der Waals surface area contributed by atoms with Gasteiger partial charge in [-0.3, -0.25) is 0 Å². The van der Waals surface area contributed by atoms with Crippen LogP contribution in [-0.2, 0) is 6.54 Å². The van der Waals surface area contributed by atoms with Gasteiger partial charge in [-0.25, -0.2) is 0 Å². The van der Waals surface area contributed by atoms with Crippen LogP contribution in [0.3, 0.4) is 0 Å². The van der Waals surface area contributed by atoms with E-state index in [0.717, 1.165) is 10.0 Å². The van der Waals surface area contributed by atoms with Crippen LogP contribution in [0, 0.1) is 0 Å². The van der Waals surface area contributed by atoms with Gasteiger partial charge in [0.05, 0.1) is 0 Å². The minimum atomic E-state index is -4.07. The number of hydrogen-bond acceptors (Lipinski definition) is 2. The van der Waals surface area contributed by atoms with Crippen molar-refractivity contribution in [3.05, 3.63) is 28.2 Å². The molecule has 6 heteroatoms. The van der Waals surface area contributed by atoms with Crippen molar-refractivity contribution in [2.75, 3.05) is 12.3 Å². The van der Waals surface area contributed by atoms with Gasteiger partial charge in [-0.05, 0) is 36.7 Å². The van der Waals surface area contributed by atoms with Gasteiger partial charge in [0.1, 0.15) is 0 Å². The molecular weight excluding hydrogens is 297 g/mol. The summed E-state index contributed by atoms with van der Waals surface area (Å²) in [7, 11) is 0. The van der Waals surface area contributed by atoms with Gasteiger partial charge in [0.2, 0.25) is 0 Å². The Morgan fingerprint density at radius 1 is 1.29 bits per heavy atom. The summed E-state index contributed by atoms with van der Waals surface area (Å²) in [6.07, 6.45) is -4.74. The van der Waals surface area contributed by atoms with Crippen LogP contribution in [0.25, 0.3) is 0 Å². The number of nitrogens with one attached hydrogen (secondary N) is 1. The number of benzene rings is 1. The molecule has 0 amide bonds. The van der Waals surface area contributed by atoms with Crippen molar-refractivity contribution in [3.8, 4) is 0 Å². The third kappa shape index (κ3) is 5.93. The van der Waals surface area contributed by atoms with Crippen LogP contribution in [0.2, 0.25) is 0 Å². The van der Waals surface area contributed by atoms with E-state index in [9.17, 15) is 13.2 Å².